The van der Waals surface area contributed by atoms with Crippen LogP contribution in [-0.4, -0.2) is 67.2 Å². The average molecular weight is 578 g/mol. The van der Waals surface area contributed by atoms with Crippen molar-refractivity contribution in [1.82, 2.24) is 10.2 Å². The number of ether oxygens (including phenoxy) is 1. The van der Waals surface area contributed by atoms with E-state index in [9.17, 15) is 23.2 Å². The van der Waals surface area contributed by atoms with Crippen LogP contribution in [0.1, 0.15) is 85.0 Å². The molecular weight excluding hydrogens is 532 g/mol. The fourth-order valence-electron chi connectivity index (χ4n) is 9.32. The zero-order chi connectivity index (χ0) is 29.4. The van der Waals surface area contributed by atoms with Gasteiger partial charge in [0.05, 0.1) is 18.3 Å². The third-order valence-electron chi connectivity index (χ3n) is 11.6. The number of oxime groups is 1. The first-order chi connectivity index (χ1) is 19.5. The second kappa shape index (κ2) is 11.7. The number of hydrogen-bond acceptors (Lipinski definition) is 7. The Morgan fingerprint density at radius 2 is 1.93 bits per heavy atom. The predicted octanol–water partition coefficient (Wildman–Crippen LogP) is 5.51. The molecule has 41 heavy (non-hydrogen) atoms. The second-order valence-corrected chi connectivity index (χ2v) is 13.5. The summed E-state index contributed by atoms with van der Waals surface area (Å²) in [4.78, 5) is 42.4. The summed E-state index contributed by atoms with van der Waals surface area (Å²) in [6.07, 6.45) is 9.14. The summed E-state index contributed by atoms with van der Waals surface area (Å²) in [7, 11) is 0. The molecule has 4 aliphatic carbocycles. The van der Waals surface area contributed by atoms with Crippen molar-refractivity contribution < 1.29 is 32.7 Å². The van der Waals surface area contributed by atoms with Crippen LogP contribution < -0.4 is 5.32 Å². The lowest BCUT2D eigenvalue weighted by atomic mass is 9.46. The molecule has 0 aromatic carbocycles. The second-order valence-electron chi connectivity index (χ2n) is 13.5. The van der Waals surface area contributed by atoms with Gasteiger partial charge in [0, 0.05) is 31.8 Å². The number of carbonyl (C=O) groups is 3. The van der Waals surface area contributed by atoms with E-state index >= 15 is 0 Å². The van der Waals surface area contributed by atoms with Gasteiger partial charge in [0.1, 0.15) is 6.61 Å². The SMILES string of the molecule is C/C(=N\OC(=O)N(CCOC=O)CCC1NCCC1(F)F)[C@H]1CC[C@H]2[C@@H]3CCC4=CC(=O)CC[C@]4(C)[C@H]3CC[C@]12C. The van der Waals surface area contributed by atoms with E-state index in [1.54, 1.807) is 0 Å². The van der Waals surface area contributed by atoms with E-state index in [1.165, 1.54) is 10.5 Å². The lowest BCUT2D eigenvalue weighted by Gasteiger charge is -2.58. The molecule has 5 rings (SSSR count). The topological polar surface area (TPSA) is 97.3 Å². The first kappa shape index (κ1) is 30.1. The summed E-state index contributed by atoms with van der Waals surface area (Å²) in [5.74, 6) is -0.541. The Morgan fingerprint density at radius 3 is 2.66 bits per heavy atom. The highest BCUT2D eigenvalue weighted by molar-refractivity contribution is 5.91. The van der Waals surface area contributed by atoms with E-state index in [1.807, 2.05) is 13.0 Å². The molecule has 1 heterocycles. The highest BCUT2D eigenvalue weighted by Gasteiger charge is 2.59. The van der Waals surface area contributed by atoms with E-state index in [0.717, 1.165) is 50.7 Å². The number of ketones is 1. The standard InChI is InChI=1S/C31H45F2N3O5/c1-20(35-41-28(39)36(16-17-40-19-37)15-10-27-31(32,33)13-14-34-27)24-6-7-25-23-5-4-21-18-22(38)8-11-29(21,2)26(23)9-12-30(24,25)3/h18-19,23-27,34H,4-17H2,1-3H3/b35-20+/t23-,24+,25-,26-,27?,29-,30+/m0/s1. The third-order valence-corrected chi connectivity index (χ3v) is 11.6. The van der Waals surface area contributed by atoms with Crippen LogP contribution >= 0.6 is 0 Å². The van der Waals surface area contributed by atoms with E-state index < -0.39 is 18.1 Å². The number of hydrogen-bond donors (Lipinski definition) is 1. The van der Waals surface area contributed by atoms with Gasteiger partial charge in [-0.05, 0) is 93.0 Å². The van der Waals surface area contributed by atoms with Gasteiger partial charge in [-0.25, -0.2) is 13.6 Å². The van der Waals surface area contributed by atoms with Gasteiger partial charge in [0.15, 0.2) is 5.78 Å². The van der Waals surface area contributed by atoms with Gasteiger partial charge in [-0.3, -0.25) is 14.4 Å². The van der Waals surface area contributed by atoms with Crippen molar-refractivity contribution in [2.45, 2.75) is 96.9 Å². The number of rotatable bonds is 9. The lowest BCUT2D eigenvalue weighted by molar-refractivity contribution is -0.129. The Bertz CT molecular complexity index is 1100. The molecule has 1 saturated heterocycles. The average Bonchev–Trinajstić information content (AvgIpc) is 3.47. The summed E-state index contributed by atoms with van der Waals surface area (Å²) in [6, 6.07) is -1.01. The molecule has 4 fully saturated rings. The van der Waals surface area contributed by atoms with Crippen LogP contribution in [0.4, 0.5) is 13.6 Å². The number of fused-ring (bicyclic) bond motifs is 5. The predicted molar refractivity (Wildman–Crippen MR) is 149 cm³/mol. The van der Waals surface area contributed by atoms with E-state index in [2.05, 4.69) is 24.3 Å². The summed E-state index contributed by atoms with van der Waals surface area (Å²) >= 11 is 0. The van der Waals surface area contributed by atoms with Crippen LogP contribution in [0.5, 0.6) is 0 Å². The molecule has 1 amide bonds. The maximum Gasteiger partial charge on any atom is 0.436 e. The Morgan fingerprint density at radius 1 is 1.12 bits per heavy atom. The van der Waals surface area contributed by atoms with Gasteiger partial charge in [0.2, 0.25) is 0 Å². The van der Waals surface area contributed by atoms with E-state index in [4.69, 9.17) is 9.57 Å². The number of nitrogens with zero attached hydrogens (tertiary/aromatic N) is 2. The molecule has 3 saturated carbocycles. The third kappa shape index (κ3) is 5.69. The molecule has 0 bridgehead atoms. The molecule has 5 aliphatic rings. The number of alkyl halides is 2. The molecule has 10 heteroatoms. The molecular formula is C31H45F2N3O5. The monoisotopic (exact) mass is 577 g/mol. The van der Waals surface area contributed by atoms with Crippen LogP contribution in [0, 0.1) is 34.5 Å². The van der Waals surface area contributed by atoms with Crippen molar-refractivity contribution in [3.05, 3.63) is 11.6 Å². The van der Waals surface area contributed by atoms with Crippen molar-refractivity contribution >= 4 is 24.1 Å². The van der Waals surface area contributed by atoms with Crippen LogP contribution in [0.2, 0.25) is 0 Å². The normalized spacial score (nSPS) is 37.9. The molecule has 0 spiro atoms. The first-order valence-electron chi connectivity index (χ1n) is 15.4. The Hall–Kier alpha value is -2.36. The van der Waals surface area contributed by atoms with Crippen molar-refractivity contribution in [1.29, 1.82) is 0 Å². The summed E-state index contributed by atoms with van der Waals surface area (Å²) in [6.45, 7) is 7.25. The molecule has 228 valence electrons. The van der Waals surface area contributed by atoms with E-state index in [0.29, 0.717) is 30.6 Å². The maximum absolute atomic E-state index is 14.1. The van der Waals surface area contributed by atoms with Gasteiger partial charge in [-0.1, -0.05) is 24.6 Å². The number of allylic oxidation sites excluding steroid dienone is 1. The largest absolute Gasteiger partial charge is 0.466 e. The molecule has 1 unspecified atom stereocenters. The highest BCUT2D eigenvalue weighted by atomic mass is 19.3. The summed E-state index contributed by atoms with van der Waals surface area (Å²) in [5, 5.41) is 7.10. The van der Waals surface area contributed by atoms with Crippen molar-refractivity contribution in [2.75, 3.05) is 26.2 Å². The summed E-state index contributed by atoms with van der Waals surface area (Å²) < 4.78 is 32.9. The van der Waals surface area contributed by atoms with Crippen LogP contribution in [0.25, 0.3) is 0 Å². The maximum atomic E-state index is 14.1. The molecule has 1 N–H and O–H groups in total. The van der Waals surface area contributed by atoms with Crippen LogP contribution in [-0.2, 0) is 19.2 Å². The number of nitrogens with one attached hydrogen (secondary N) is 1. The van der Waals surface area contributed by atoms with Crippen molar-refractivity contribution in [2.24, 2.45) is 39.7 Å². The highest BCUT2D eigenvalue weighted by Crippen LogP contribution is 2.66. The molecule has 0 aromatic rings. The molecule has 8 nitrogen and oxygen atoms in total. The van der Waals surface area contributed by atoms with Gasteiger partial charge in [-0.15, -0.1) is 0 Å². The molecule has 0 aromatic heterocycles. The number of carbonyl (C=O) groups excluding carboxylic acids is 3. The lowest BCUT2D eigenvalue weighted by Crippen LogP contribution is -2.51. The minimum atomic E-state index is -2.82. The van der Waals surface area contributed by atoms with Crippen molar-refractivity contribution in [3.63, 3.8) is 0 Å². The Kier molecular flexibility index (Phi) is 8.61. The molecule has 1 aliphatic heterocycles. The fraction of sp³-hybridized carbons (Fsp3) is 0.806. The van der Waals surface area contributed by atoms with Gasteiger partial charge < -0.3 is 15.0 Å². The Labute approximate surface area is 241 Å². The number of amides is 1. The minimum Gasteiger partial charge on any atom is -0.466 e. The first-order valence-corrected chi connectivity index (χ1v) is 15.4. The van der Waals surface area contributed by atoms with E-state index in [-0.39, 0.29) is 61.6 Å². The molecule has 7 atom stereocenters. The minimum absolute atomic E-state index is 0.0377. The fourth-order valence-corrected chi connectivity index (χ4v) is 9.32. The van der Waals surface area contributed by atoms with Crippen LogP contribution in [0.3, 0.4) is 0 Å². The zero-order valence-corrected chi connectivity index (χ0v) is 24.6. The number of halogens is 2. The molecule has 0 radical (unpaired) electrons. The zero-order valence-electron chi connectivity index (χ0n) is 24.6. The van der Waals surface area contributed by atoms with Gasteiger partial charge >= 0.3 is 6.09 Å². The smallest absolute Gasteiger partial charge is 0.436 e. The van der Waals surface area contributed by atoms with Crippen molar-refractivity contribution in [3.8, 4) is 0 Å². The Balaban J connectivity index is 1.23. The summed E-state index contributed by atoms with van der Waals surface area (Å²) in [5.41, 5.74) is 2.36. The quantitative estimate of drug-likeness (QED) is 0.128. The van der Waals surface area contributed by atoms with Gasteiger partial charge in [0.25, 0.3) is 12.4 Å². The van der Waals surface area contributed by atoms with Gasteiger partial charge in [-0.2, -0.15) is 0 Å². The van der Waals surface area contributed by atoms with Crippen LogP contribution in [0.15, 0.2) is 16.8 Å².